The summed E-state index contributed by atoms with van der Waals surface area (Å²) in [5.74, 6) is -0.424. The van der Waals surface area contributed by atoms with E-state index < -0.39 is 12.0 Å². The number of phenolic OH excluding ortho intramolecular Hbond substituents is 1. The Morgan fingerprint density at radius 2 is 2.03 bits per heavy atom. The fraction of sp³-hybridized carbons (Fsp3) is 0.333. The van der Waals surface area contributed by atoms with Crippen LogP contribution < -0.4 is 5.32 Å². The molecule has 0 aliphatic heterocycles. The summed E-state index contributed by atoms with van der Waals surface area (Å²) < 4.78 is 2.03. The lowest BCUT2D eigenvalue weighted by Crippen LogP contribution is -2.42. The van der Waals surface area contributed by atoms with E-state index in [4.69, 9.17) is 0 Å². The van der Waals surface area contributed by atoms with Gasteiger partial charge in [-0.2, -0.15) is 0 Å². The lowest BCUT2D eigenvalue weighted by atomic mass is 10.0. The summed E-state index contributed by atoms with van der Waals surface area (Å²) in [5.41, 5.74) is 3.32. The van der Waals surface area contributed by atoms with Crippen molar-refractivity contribution < 1.29 is 19.8 Å². The molecule has 8 nitrogen and oxygen atoms in total. The number of carboxylic acids is 1. The SMILES string of the molecule is Cc1cc(O)ccc1C[C@H](NC(=O)CCCn1c(C)nc2cnccc21)C(=O)O. The summed E-state index contributed by atoms with van der Waals surface area (Å²) in [6.07, 6.45) is 4.34. The summed E-state index contributed by atoms with van der Waals surface area (Å²) >= 11 is 0. The number of nitrogens with zero attached hydrogens (tertiary/aromatic N) is 3. The molecule has 1 amide bonds. The van der Waals surface area contributed by atoms with E-state index in [9.17, 15) is 19.8 Å². The molecule has 8 heteroatoms. The van der Waals surface area contributed by atoms with E-state index in [1.165, 1.54) is 6.07 Å². The van der Waals surface area contributed by atoms with Crippen LogP contribution in [-0.2, 0) is 22.6 Å². The largest absolute Gasteiger partial charge is 0.508 e. The number of rotatable bonds is 8. The zero-order valence-electron chi connectivity index (χ0n) is 16.4. The van der Waals surface area contributed by atoms with Crippen molar-refractivity contribution >= 4 is 22.9 Å². The number of amides is 1. The van der Waals surface area contributed by atoms with E-state index in [2.05, 4.69) is 15.3 Å². The molecule has 2 aromatic heterocycles. The van der Waals surface area contributed by atoms with Crippen LogP contribution in [0, 0.1) is 13.8 Å². The van der Waals surface area contributed by atoms with Gasteiger partial charge >= 0.3 is 5.97 Å². The van der Waals surface area contributed by atoms with Gasteiger partial charge in [-0.25, -0.2) is 9.78 Å². The summed E-state index contributed by atoms with van der Waals surface area (Å²) in [7, 11) is 0. The van der Waals surface area contributed by atoms with Gasteiger partial charge in [0.1, 0.15) is 23.1 Å². The number of phenols is 1. The lowest BCUT2D eigenvalue weighted by Gasteiger charge is -2.16. The average molecular weight is 396 g/mol. The predicted molar refractivity (Wildman–Crippen MR) is 108 cm³/mol. The highest BCUT2D eigenvalue weighted by Crippen LogP contribution is 2.18. The zero-order chi connectivity index (χ0) is 21.0. The fourth-order valence-electron chi connectivity index (χ4n) is 3.38. The maximum absolute atomic E-state index is 12.3. The first-order valence-electron chi connectivity index (χ1n) is 9.42. The van der Waals surface area contributed by atoms with E-state index in [1.54, 1.807) is 31.5 Å². The van der Waals surface area contributed by atoms with Crippen LogP contribution in [0.25, 0.3) is 11.0 Å². The van der Waals surface area contributed by atoms with Crippen LogP contribution in [0.1, 0.15) is 29.8 Å². The maximum Gasteiger partial charge on any atom is 0.326 e. The number of nitrogens with one attached hydrogen (secondary N) is 1. The zero-order valence-corrected chi connectivity index (χ0v) is 16.4. The molecule has 1 aromatic carbocycles. The minimum absolute atomic E-state index is 0.125. The van der Waals surface area contributed by atoms with E-state index in [0.29, 0.717) is 13.0 Å². The summed E-state index contributed by atoms with van der Waals surface area (Å²) in [6, 6.07) is 5.62. The van der Waals surface area contributed by atoms with Crippen molar-refractivity contribution in [2.24, 2.45) is 0 Å². The summed E-state index contributed by atoms with van der Waals surface area (Å²) in [6.45, 7) is 4.30. The van der Waals surface area contributed by atoms with Crippen LogP contribution in [-0.4, -0.2) is 42.7 Å². The number of fused-ring (bicyclic) bond motifs is 1. The van der Waals surface area contributed by atoms with E-state index in [-0.39, 0.29) is 24.5 Å². The number of hydrogen-bond donors (Lipinski definition) is 3. The second kappa shape index (κ2) is 8.72. The van der Waals surface area contributed by atoms with Gasteiger partial charge in [0, 0.05) is 25.6 Å². The van der Waals surface area contributed by atoms with Crippen LogP contribution >= 0.6 is 0 Å². The molecule has 3 aromatic rings. The van der Waals surface area contributed by atoms with Gasteiger partial charge < -0.3 is 20.1 Å². The Morgan fingerprint density at radius 3 is 2.76 bits per heavy atom. The third-order valence-electron chi connectivity index (χ3n) is 4.91. The Hall–Kier alpha value is -3.42. The topological polar surface area (TPSA) is 117 Å². The molecular formula is C21H24N4O4. The van der Waals surface area contributed by atoms with Crippen molar-refractivity contribution in [1.29, 1.82) is 0 Å². The molecule has 0 aliphatic rings. The van der Waals surface area contributed by atoms with Crippen LogP contribution in [0.2, 0.25) is 0 Å². The van der Waals surface area contributed by atoms with Crippen molar-refractivity contribution in [2.45, 2.75) is 45.7 Å². The minimum Gasteiger partial charge on any atom is -0.508 e. The Kier molecular flexibility index (Phi) is 6.11. The highest BCUT2D eigenvalue weighted by Gasteiger charge is 2.21. The molecule has 152 valence electrons. The van der Waals surface area contributed by atoms with Crippen molar-refractivity contribution in [2.75, 3.05) is 0 Å². The third kappa shape index (κ3) is 4.90. The highest BCUT2D eigenvalue weighted by molar-refractivity contribution is 5.83. The second-order valence-electron chi connectivity index (χ2n) is 7.05. The predicted octanol–water partition coefficient (Wildman–Crippen LogP) is 2.35. The van der Waals surface area contributed by atoms with Gasteiger partial charge in [-0.3, -0.25) is 9.78 Å². The number of benzene rings is 1. The molecule has 3 N–H and O–H groups in total. The van der Waals surface area contributed by atoms with Crippen molar-refractivity contribution in [3.8, 4) is 5.75 Å². The van der Waals surface area contributed by atoms with Crippen LogP contribution in [0.5, 0.6) is 5.75 Å². The van der Waals surface area contributed by atoms with Gasteiger partial charge in [-0.1, -0.05) is 6.07 Å². The number of imidazole rings is 1. The second-order valence-corrected chi connectivity index (χ2v) is 7.05. The molecule has 2 heterocycles. The van der Waals surface area contributed by atoms with Gasteiger partial charge in [-0.15, -0.1) is 0 Å². The number of aromatic nitrogens is 3. The molecule has 1 atom stereocenters. The fourth-order valence-corrected chi connectivity index (χ4v) is 3.38. The van der Waals surface area contributed by atoms with Gasteiger partial charge in [-0.05, 0) is 49.6 Å². The number of hydrogen-bond acceptors (Lipinski definition) is 5. The number of aryl methyl sites for hydroxylation is 3. The number of carboxylic acid groups (broad SMARTS) is 1. The molecule has 29 heavy (non-hydrogen) atoms. The van der Waals surface area contributed by atoms with Crippen molar-refractivity contribution in [1.82, 2.24) is 19.9 Å². The Labute approximate surface area is 168 Å². The number of aliphatic carboxylic acids is 1. The lowest BCUT2D eigenvalue weighted by molar-refractivity contribution is -0.141. The summed E-state index contributed by atoms with van der Waals surface area (Å²) in [4.78, 5) is 32.4. The van der Waals surface area contributed by atoms with E-state index in [1.807, 2.05) is 17.6 Å². The smallest absolute Gasteiger partial charge is 0.326 e. The van der Waals surface area contributed by atoms with Gasteiger partial charge in [0.15, 0.2) is 0 Å². The van der Waals surface area contributed by atoms with Crippen molar-refractivity contribution in [3.63, 3.8) is 0 Å². The molecule has 0 unspecified atom stereocenters. The Morgan fingerprint density at radius 1 is 1.24 bits per heavy atom. The van der Waals surface area contributed by atoms with E-state index >= 15 is 0 Å². The third-order valence-corrected chi connectivity index (χ3v) is 4.91. The Bertz CT molecular complexity index is 1040. The molecule has 0 radical (unpaired) electrons. The van der Waals surface area contributed by atoms with Crippen molar-refractivity contribution in [3.05, 3.63) is 53.6 Å². The molecule has 0 fully saturated rings. The highest BCUT2D eigenvalue weighted by atomic mass is 16.4. The molecule has 0 saturated carbocycles. The molecule has 0 spiro atoms. The van der Waals surface area contributed by atoms with Crippen LogP contribution in [0.4, 0.5) is 0 Å². The molecule has 0 aliphatic carbocycles. The van der Waals surface area contributed by atoms with Gasteiger partial charge in [0.2, 0.25) is 5.91 Å². The average Bonchev–Trinajstić information content (AvgIpc) is 2.98. The maximum atomic E-state index is 12.3. The monoisotopic (exact) mass is 396 g/mol. The normalized spacial score (nSPS) is 12.1. The van der Waals surface area contributed by atoms with Crippen LogP contribution in [0.15, 0.2) is 36.7 Å². The number of pyridine rings is 1. The number of carbonyl (C=O) groups excluding carboxylic acids is 1. The first-order valence-corrected chi connectivity index (χ1v) is 9.42. The van der Waals surface area contributed by atoms with Crippen LogP contribution in [0.3, 0.4) is 0 Å². The standard InChI is InChI=1S/C21H24N4O4/c1-13-10-16(26)6-5-15(13)11-17(21(28)29)24-20(27)4-3-9-25-14(2)23-18-12-22-8-7-19(18)25/h5-8,10,12,17,26H,3-4,9,11H2,1-2H3,(H,24,27)(H,28,29)/t17-/m0/s1. The van der Waals surface area contributed by atoms with Gasteiger partial charge in [0.05, 0.1) is 11.7 Å². The first-order chi connectivity index (χ1) is 13.8. The van der Waals surface area contributed by atoms with Gasteiger partial charge in [0.25, 0.3) is 0 Å². The molecule has 0 saturated heterocycles. The van der Waals surface area contributed by atoms with E-state index in [0.717, 1.165) is 28.0 Å². The Balaban J connectivity index is 1.58. The molecular weight excluding hydrogens is 372 g/mol. The summed E-state index contributed by atoms with van der Waals surface area (Å²) in [5, 5.41) is 21.6. The number of carbonyl (C=O) groups is 2. The minimum atomic E-state index is -1.09. The molecule has 0 bridgehead atoms. The first kappa shape index (κ1) is 20.3. The molecule has 3 rings (SSSR count). The quantitative estimate of drug-likeness (QED) is 0.538. The number of aromatic hydroxyl groups is 1.